The Morgan fingerprint density at radius 2 is 1.82 bits per heavy atom. The van der Waals surface area contributed by atoms with Gasteiger partial charge in [0, 0.05) is 44.2 Å². The fourth-order valence-electron chi connectivity index (χ4n) is 2.28. The second kappa shape index (κ2) is 8.70. The van der Waals surface area contributed by atoms with Crippen molar-refractivity contribution in [2.75, 3.05) is 6.26 Å². The van der Waals surface area contributed by atoms with Crippen LogP contribution in [-0.4, -0.2) is 21.4 Å². The molecule has 0 saturated carbocycles. The van der Waals surface area contributed by atoms with Gasteiger partial charge in [-0.15, -0.1) is 0 Å². The Labute approximate surface area is 177 Å². The zero-order valence-corrected chi connectivity index (χ0v) is 17.9. The van der Waals surface area contributed by atoms with Gasteiger partial charge in [-0.05, 0) is 58.4 Å². The van der Waals surface area contributed by atoms with E-state index in [-0.39, 0.29) is 5.56 Å². The topological polar surface area (TPSA) is 59.4 Å². The molecule has 0 aliphatic heterocycles. The van der Waals surface area contributed by atoms with Gasteiger partial charge in [-0.1, -0.05) is 35.6 Å². The lowest BCUT2D eigenvalue weighted by atomic mass is 10.2. The van der Waals surface area contributed by atoms with Gasteiger partial charge in [0.2, 0.25) is 0 Å². The van der Waals surface area contributed by atoms with E-state index in [0.29, 0.717) is 15.5 Å². The Bertz CT molecular complexity index is 1220. The number of carbonyl (C=O) groups excluding carboxylic acids is 1. The molecule has 7 heteroatoms. The van der Waals surface area contributed by atoms with E-state index in [1.54, 1.807) is 36.5 Å². The van der Waals surface area contributed by atoms with E-state index in [0.717, 1.165) is 10.0 Å². The average molecular weight is 474 g/mol. The minimum absolute atomic E-state index is 0.225. The first-order chi connectivity index (χ1) is 13.3. The lowest BCUT2D eigenvalue weighted by Gasteiger charge is -2.04. The number of nitrogens with zero attached hydrogens (tertiary/aromatic N) is 2. The number of rotatable bonds is 2. The number of halogens is 2. The molecule has 1 heterocycles. The molecule has 0 spiro atoms. The highest BCUT2D eigenvalue weighted by Gasteiger charge is 2.12. The van der Waals surface area contributed by atoms with Gasteiger partial charge in [-0.3, -0.25) is 9.78 Å². The van der Waals surface area contributed by atoms with Gasteiger partial charge in [-0.2, -0.15) is 4.36 Å². The molecule has 0 saturated heterocycles. The third-order valence-corrected chi connectivity index (χ3v) is 6.31. The van der Waals surface area contributed by atoms with Crippen LogP contribution in [-0.2, 0) is 9.73 Å². The highest BCUT2D eigenvalue weighted by Crippen LogP contribution is 2.17. The van der Waals surface area contributed by atoms with Gasteiger partial charge < -0.3 is 0 Å². The molecule has 2 aromatic carbocycles. The lowest BCUT2D eigenvalue weighted by Crippen LogP contribution is -2.04. The van der Waals surface area contributed by atoms with Crippen LogP contribution in [0.2, 0.25) is 5.02 Å². The Balaban J connectivity index is 1.90. The van der Waals surface area contributed by atoms with E-state index >= 15 is 0 Å². The molecule has 1 amide bonds. The van der Waals surface area contributed by atoms with Gasteiger partial charge in [0.15, 0.2) is 0 Å². The molecular weight excluding hydrogens is 460 g/mol. The predicted molar refractivity (Wildman–Crippen MR) is 115 cm³/mol. The monoisotopic (exact) mass is 472 g/mol. The third-order valence-electron chi connectivity index (χ3n) is 3.71. The van der Waals surface area contributed by atoms with E-state index in [9.17, 15) is 9.00 Å². The number of aromatic nitrogens is 1. The highest BCUT2D eigenvalue weighted by molar-refractivity contribution is 9.10. The smallest absolute Gasteiger partial charge is 0.266 e. The minimum atomic E-state index is -2.90. The largest absolute Gasteiger partial charge is 0.286 e. The van der Waals surface area contributed by atoms with E-state index < -0.39 is 15.6 Å². The summed E-state index contributed by atoms with van der Waals surface area (Å²) in [4.78, 5) is 17.0. The van der Waals surface area contributed by atoms with Gasteiger partial charge in [0.25, 0.3) is 5.91 Å². The Morgan fingerprint density at radius 3 is 2.54 bits per heavy atom. The molecule has 0 aliphatic rings. The molecule has 1 unspecified atom stereocenters. The zero-order chi connectivity index (χ0) is 20.1. The molecule has 0 N–H and O–H groups in total. The number of pyridine rings is 1. The molecule has 0 bridgehead atoms. The third kappa shape index (κ3) is 5.08. The van der Waals surface area contributed by atoms with Crippen molar-refractivity contribution in [1.29, 1.82) is 0 Å². The second-order valence-corrected chi connectivity index (χ2v) is 9.39. The van der Waals surface area contributed by atoms with Crippen molar-refractivity contribution in [2.24, 2.45) is 4.36 Å². The zero-order valence-electron chi connectivity index (χ0n) is 14.7. The van der Waals surface area contributed by atoms with Crippen molar-refractivity contribution in [1.82, 2.24) is 4.98 Å². The predicted octanol–water partition coefficient (Wildman–Crippen LogP) is 5.19. The maximum Gasteiger partial charge on any atom is 0.286 e. The Morgan fingerprint density at radius 1 is 1.11 bits per heavy atom. The van der Waals surface area contributed by atoms with Gasteiger partial charge in [0.1, 0.15) is 0 Å². The van der Waals surface area contributed by atoms with Crippen molar-refractivity contribution in [2.45, 2.75) is 4.90 Å². The van der Waals surface area contributed by atoms with Crippen molar-refractivity contribution in [3.63, 3.8) is 0 Å². The Hall–Kier alpha value is -2.46. The van der Waals surface area contributed by atoms with E-state index in [1.165, 1.54) is 12.5 Å². The summed E-state index contributed by atoms with van der Waals surface area (Å²) in [6.07, 6.45) is 4.36. The summed E-state index contributed by atoms with van der Waals surface area (Å²) >= 11 is 9.29. The van der Waals surface area contributed by atoms with E-state index in [2.05, 4.69) is 37.1 Å². The van der Waals surface area contributed by atoms with E-state index in [4.69, 9.17) is 11.6 Å². The number of carbonyl (C=O) groups is 1. The molecule has 0 radical (unpaired) electrons. The molecule has 3 aromatic rings. The summed E-state index contributed by atoms with van der Waals surface area (Å²) in [5.41, 5.74) is 1.61. The first-order valence-electron chi connectivity index (χ1n) is 8.09. The van der Waals surface area contributed by atoms with Crippen LogP contribution in [0, 0.1) is 11.8 Å². The average Bonchev–Trinajstić information content (AvgIpc) is 2.67. The van der Waals surface area contributed by atoms with Crippen LogP contribution in [0.4, 0.5) is 0 Å². The molecule has 3 rings (SSSR count). The van der Waals surface area contributed by atoms with Crippen LogP contribution >= 0.6 is 27.5 Å². The highest BCUT2D eigenvalue weighted by atomic mass is 79.9. The SMILES string of the molecule is CS(=O)(=NC(=O)c1cncc(C#Cc2ccccc2Br)c1)c1ccc(Cl)cc1. The molecule has 28 heavy (non-hydrogen) atoms. The van der Waals surface area contributed by atoms with Crippen molar-refractivity contribution in [3.8, 4) is 11.8 Å². The van der Waals surface area contributed by atoms with Crippen LogP contribution in [0.5, 0.6) is 0 Å². The summed E-state index contributed by atoms with van der Waals surface area (Å²) in [5, 5.41) is 0.519. The van der Waals surface area contributed by atoms with Gasteiger partial charge in [0.05, 0.1) is 15.3 Å². The number of benzene rings is 2. The summed E-state index contributed by atoms with van der Waals surface area (Å²) < 4.78 is 17.6. The second-order valence-electron chi connectivity index (χ2n) is 5.85. The summed E-state index contributed by atoms with van der Waals surface area (Å²) in [7, 11) is -2.90. The first-order valence-corrected chi connectivity index (χ1v) is 11.2. The van der Waals surface area contributed by atoms with Crippen LogP contribution < -0.4 is 0 Å². The molecule has 1 atom stereocenters. The maximum atomic E-state index is 12.8. The maximum absolute atomic E-state index is 12.8. The minimum Gasteiger partial charge on any atom is -0.266 e. The normalized spacial score (nSPS) is 12.4. The molecule has 0 aliphatic carbocycles. The molecule has 0 fully saturated rings. The van der Waals surface area contributed by atoms with Crippen LogP contribution in [0.15, 0.2) is 80.7 Å². The van der Waals surface area contributed by atoms with Gasteiger partial charge >= 0.3 is 0 Å². The summed E-state index contributed by atoms with van der Waals surface area (Å²) in [6.45, 7) is 0. The summed E-state index contributed by atoms with van der Waals surface area (Å²) in [6, 6.07) is 15.6. The quantitative estimate of drug-likeness (QED) is 0.481. The van der Waals surface area contributed by atoms with Crippen LogP contribution in [0.1, 0.15) is 21.5 Å². The standard InChI is InChI=1S/C21H14BrClN2O2S/c1-28(27,19-10-8-18(23)9-11-19)25-21(26)17-12-15(13-24-14-17)6-7-16-4-2-3-5-20(16)22/h2-5,8-14H,1H3. The van der Waals surface area contributed by atoms with Crippen LogP contribution in [0.3, 0.4) is 0 Å². The number of hydrogen-bond acceptors (Lipinski definition) is 3. The van der Waals surface area contributed by atoms with Crippen LogP contribution in [0.25, 0.3) is 0 Å². The van der Waals surface area contributed by atoms with Gasteiger partial charge in [-0.25, -0.2) is 4.21 Å². The van der Waals surface area contributed by atoms with E-state index in [1.807, 2.05) is 24.3 Å². The molecule has 4 nitrogen and oxygen atoms in total. The number of amides is 1. The van der Waals surface area contributed by atoms with Crippen molar-refractivity contribution >= 4 is 43.2 Å². The first kappa shape index (κ1) is 20.3. The Kier molecular flexibility index (Phi) is 6.30. The fourth-order valence-corrected chi connectivity index (χ4v) is 3.96. The number of hydrogen-bond donors (Lipinski definition) is 0. The molecular formula is C21H14BrClN2O2S. The molecule has 1 aromatic heterocycles. The lowest BCUT2D eigenvalue weighted by molar-refractivity contribution is 0.100. The van der Waals surface area contributed by atoms with Crippen molar-refractivity contribution in [3.05, 3.63) is 93.2 Å². The fraction of sp³-hybridized carbons (Fsp3) is 0.0476. The summed E-state index contributed by atoms with van der Waals surface area (Å²) in [5.74, 6) is 5.39. The van der Waals surface area contributed by atoms with Crippen molar-refractivity contribution < 1.29 is 9.00 Å². The molecule has 140 valence electrons.